The standard InChI is InChI=1S/C8H17N/c1-5-9-7-6-8(2,3)4/h6-7,9H,5H2,1-4H3/b7-6-. The Morgan fingerprint density at radius 3 is 2.22 bits per heavy atom. The lowest BCUT2D eigenvalue weighted by Crippen LogP contribution is -2.06. The predicted molar refractivity (Wildman–Crippen MR) is 42.3 cm³/mol. The molecule has 1 N–H and O–H groups in total. The van der Waals surface area contributed by atoms with Crippen LogP contribution in [0.15, 0.2) is 12.3 Å². The second kappa shape index (κ2) is 3.54. The normalized spacial score (nSPS) is 12.4. The molecule has 1 nitrogen and oxygen atoms in total. The Labute approximate surface area is 58.2 Å². The second-order valence-electron chi connectivity index (χ2n) is 3.26. The van der Waals surface area contributed by atoms with Gasteiger partial charge in [0.05, 0.1) is 0 Å². The van der Waals surface area contributed by atoms with Crippen molar-refractivity contribution in [3.63, 3.8) is 0 Å². The molecule has 0 unspecified atom stereocenters. The summed E-state index contributed by atoms with van der Waals surface area (Å²) in [6.07, 6.45) is 4.18. The highest BCUT2D eigenvalue weighted by molar-refractivity contribution is 4.90. The van der Waals surface area contributed by atoms with Crippen LogP contribution in [0.3, 0.4) is 0 Å². The van der Waals surface area contributed by atoms with Gasteiger partial charge < -0.3 is 5.32 Å². The smallest absolute Gasteiger partial charge is 0.0112 e. The Morgan fingerprint density at radius 1 is 1.33 bits per heavy atom. The summed E-state index contributed by atoms with van der Waals surface area (Å²) in [5, 5.41) is 3.12. The number of allylic oxidation sites excluding steroid dienone is 1. The van der Waals surface area contributed by atoms with E-state index in [9.17, 15) is 0 Å². The predicted octanol–water partition coefficient (Wildman–Crippen LogP) is 2.16. The zero-order valence-electron chi connectivity index (χ0n) is 6.86. The molecule has 54 valence electrons. The van der Waals surface area contributed by atoms with Crippen LogP contribution >= 0.6 is 0 Å². The van der Waals surface area contributed by atoms with Crippen molar-refractivity contribution in [3.8, 4) is 0 Å². The second-order valence-corrected chi connectivity index (χ2v) is 3.26. The number of hydrogen-bond acceptors (Lipinski definition) is 1. The lowest BCUT2D eigenvalue weighted by Gasteiger charge is -2.10. The molecular weight excluding hydrogens is 110 g/mol. The van der Waals surface area contributed by atoms with Gasteiger partial charge in [0.1, 0.15) is 0 Å². The molecule has 0 saturated carbocycles. The van der Waals surface area contributed by atoms with Gasteiger partial charge >= 0.3 is 0 Å². The molecule has 0 atom stereocenters. The zero-order valence-corrected chi connectivity index (χ0v) is 6.86. The molecule has 0 aliphatic carbocycles. The van der Waals surface area contributed by atoms with Crippen molar-refractivity contribution in [2.75, 3.05) is 6.54 Å². The minimum Gasteiger partial charge on any atom is -0.391 e. The van der Waals surface area contributed by atoms with Crippen LogP contribution in [0.4, 0.5) is 0 Å². The fraction of sp³-hybridized carbons (Fsp3) is 0.750. The number of hydrogen-bond donors (Lipinski definition) is 1. The van der Waals surface area contributed by atoms with E-state index < -0.39 is 0 Å². The Hall–Kier alpha value is -0.460. The van der Waals surface area contributed by atoms with Gasteiger partial charge in [-0.3, -0.25) is 0 Å². The molecule has 0 fully saturated rings. The van der Waals surface area contributed by atoms with Crippen LogP contribution in [-0.2, 0) is 0 Å². The van der Waals surface area contributed by atoms with Gasteiger partial charge in [-0.25, -0.2) is 0 Å². The van der Waals surface area contributed by atoms with Crippen molar-refractivity contribution in [2.24, 2.45) is 5.41 Å². The van der Waals surface area contributed by atoms with Crippen molar-refractivity contribution in [3.05, 3.63) is 12.3 Å². The fourth-order valence-electron chi connectivity index (χ4n) is 0.427. The van der Waals surface area contributed by atoms with Gasteiger partial charge in [-0.2, -0.15) is 0 Å². The molecule has 0 rings (SSSR count). The third-order valence-electron chi connectivity index (χ3n) is 0.905. The molecule has 0 aromatic heterocycles. The highest BCUT2D eigenvalue weighted by Crippen LogP contribution is 2.13. The highest BCUT2D eigenvalue weighted by atomic mass is 14.8. The van der Waals surface area contributed by atoms with Crippen molar-refractivity contribution < 1.29 is 0 Å². The lowest BCUT2D eigenvalue weighted by molar-refractivity contribution is 0.540. The maximum absolute atomic E-state index is 3.12. The molecule has 9 heavy (non-hydrogen) atoms. The third kappa shape index (κ3) is 7.54. The van der Waals surface area contributed by atoms with Crippen molar-refractivity contribution in [1.82, 2.24) is 5.32 Å². The van der Waals surface area contributed by atoms with Gasteiger partial charge in [0.15, 0.2) is 0 Å². The van der Waals surface area contributed by atoms with Crippen LogP contribution < -0.4 is 5.32 Å². The van der Waals surface area contributed by atoms with Gasteiger partial charge in [-0.15, -0.1) is 0 Å². The van der Waals surface area contributed by atoms with Gasteiger partial charge in [0, 0.05) is 6.54 Å². The molecule has 1 heteroatoms. The van der Waals surface area contributed by atoms with Crippen LogP contribution in [-0.4, -0.2) is 6.54 Å². The number of nitrogens with one attached hydrogen (secondary N) is 1. The van der Waals surface area contributed by atoms with Gasteiger partial charge in [-0.1, -0.05) is 26.8 Å². The molecular formula is C8H17N. The summed E-state index contributed by atoms with van der Waals surface area (Å²) < 4.78 is 0. The quantitative estimate of drug-likeness (QED) is 0.599. The Kier molecular flexibility index (Phi) is 3.36. The topological polar surface area (TPSA) is 12.0 Å². The molecule has 0 amide bonds. The average Bonchev–Trinajstić information content (AvgIpc) is 1.63. The first-order valence-corrected chi connectivity index (χ1v) is 3.47. The summed E-state index contributed by atoms with van der Waals surface area (Å²) in [5.74, 6) is 0. The van der Waals surface area contributed by atoms with Crippen molar-refractivity contribution in [2.45, 2.75) is 27.7 Å². The van der Waals surface area contributed by atoms with E-state index in [1.807, 2.05) is 6.20 Å². The van der Waals surface area contributed by atoms with E-state index in [-0.39, 0.29) is 0 Å². The molecule has 0 saturated heterocycles. The van der Waals surface area contributed by atoms with Gasteiger partial charge in [-0.05, 0) is 18.5 Å². The zero-order chi connectivity index (χ0) is 7.33. The van der Waals surface area contributed by atoms with Crippen LogP contribution in [0.1, 0.15) is 27.7 Å². The Balaban J connectivity index is 3.45. The van der Waals surface area contributed by atoms with Crippen LogP contribution in [0.2, 0.25) is 0 Å². The van der Waals surface area contributed by atoms with E-state index in [1.165, 1.54) is 0 Å². The Morgan fingerprint density at radius 2 is 1.89 bits per heavy atom. The monoisotopic (exact) mass is 127 g/mol. The van der Waals surface area contributed by atoms with Crippen molar-refractivity contribution in [1.29, 1.82) is 0 Å². The molecule has 0 bridgehead atoms. The average molecular weight is 127 g/mol. The molecule has 0 aromatic carbocycles. The summed E-state index contributed by atoms with van der Waals surface area (Å²) in [6.45, 7) is 9.64. The SMILES string of the molecule is CCN/C=C\C(C)(C)C. The summed E-state index contributed by atoms with van der Waals surface area (Å²) in [4.78, 5) is 0. The van der Waals surface area contributed by atoms with E-state index in [2.05, 4.69) is 39.1 Å². The van der Waals surface area contributed by atoms with Gasteiger partial charge in [0.25, 0.3) is 0 Å². The maximum Gasteiger partial charge on any atom is 0.0112 e. The minimum absolute atomic E-state index is 0.308. The van der Waals surface area contributed by atoms with Crippen LogP contribution in [0, 0.1) is 5.41 Å². The lowest BCUT2D eigenvalue weighted by atomic mass is 9.97. The van der Waals surface area contributed by atoms with E-state index in [4.69, 9.17) is 0 Å². The fourth-order valence-corrected chi connectivity index (χ4v) is 0.427. The largest absolute Gasteiger partial charge is 0.391 e. The summed E-state index contributed by atoms with van der Waals surface area (Å²) in [6, 6.07) is 0. The summed E-state index contributed by atoms with van der Waals surface area (Å²) in [5.41, 5.74) is 0.308. The van der Waals surface area contributed by atoms with Crippen molar-refractivity contribution >= 4 is 0 Å². The molecule has 0 aliphatic rings. The maximum atomic E-state index is 3.12. The van der Waals surface area contributed by atoms with E-state index in [1.54, 1.807) is 0 Å². The van der Waals surface area contributed by atoms with E-state index in [0.717, 1.165) is 6.54 Å². The van der Waals surface area contributed by atoms with Gasteiger partial charge in [0.2, 0.25) is 0 Å². The Bertz CT molecular complexity index is 87.2. The first kappa shape index (κ1) is 8.54. The molecule has 0 spiro atoms. The highest BCUT2D eigenvalue weighted by Gasteiger charge is 2.01. The molecule has 0 heterocycles. The van der Waals surface area contributed by atoms with Crippen LogP contribution in [0.5, 0.6) is 0 Å². The number of rotatable bonds is 2. The first-order chi connectivity index (χ1) is 4.06. The molecule has 0 aliphatic heterocycles. The van der Waals surface area contributed by atoms with Crippen LogP contribution in [0.25, 0.3) is 0 Å². The van der Waals surface area contributed by atoms with E-state index >= 15 is 0 Å². The minimum atomic E-state index is 0.308. The summed E-state index contributed by atoms with van der Waals surface area (Å²) >= 11 is 0. The first-order valence-electron chi connectivity index (χ1n) is 3.47. The van der Waals surface area contributed by atoms with E-state index in [0.29, 0.717) is 5.41 Å². The third-order valence-corrected chi connectivity index (χ3v) is 0.905. The molecule has 0 aromatic rings. The summed E-state index contributed by atoms with van der Waals surface area (Å²) in [7, 11) is 0. The molecule has 0 radical (unpaired) electrons.